The summed E-state index contributed by atoms with van der Waals surface area (Å²) < 4.78 is 74.7. The first kappa shape index (κ1) is 12.8. The van der Waals surface area contributed by atoms with Crippen LogP contribution in [0.5, 0.6) is 0 Å². The minimum absolute atomic E-state index is 1.46. The molecule has 0 heterocycles. The fourth-order valence-electron chi connectivity index (χ4n) is 0.328. The molecule has 0 aliphatic heterocycles. The number of hydrogen-bond acceptors (Lipinski definition) is 3. The summed E-state index contributed by atoms with van der Waals surface area (Å²) in [5.41, 5.74) is 0. The van der Waals surface area contributed by atoms with Crippen molar-refractivity contribution in [2.45, 2.75) is 12.9 Å². The fraction of sp³-hybridized carbons (Fsp3) is 1.00. The summed E-state index contributed by atoms with van der Waals surface area (Å²) in [6.45, 7) is -2.92. The van der Waals surface area contributed by atoms with Crippen LogP contribution in [0.4, 0.5) is 21.8 Å². The van der Waals surface area contributed by atoms with Crippen LogP contribution in [0.2, 0.25) is 0 Å². The van der Waals surface area contributed by atoms with Crippen molar-refractivity contribution in [1.82, 2.24) is 0 Å². The molecule has 0 rings (SSSR count). The van der Waals surface area contributed by atoms with Crippen LogP contribution in [0.1, 0.15) is 0 Å². The molecule has 0 saturated carbocycles. The van der Waals surface area contributed by atoms with E-state index in [0.29, 0.717) is 0 Å². The zero-order valence-corrected chi connectivity index (χ0v) is 7.03. The quantitative estimate of drug-likeness (QED) is 0.517. The number of rotatable bonds is 6. The van der Waals surface area contributed by atoms with Gasteiger partial charge in [0, 0.05) is 0 Å². The molecule has 0 aromatic heterocycles. The first-order chi connectivity index (χ1) is 5.83. The Kier molecular flexibility index (Phi) is 5.43. The van der Waals surface area contributed by atoms with Gasteiger partial charge in [0.15, 0.2) is 0 Å². The molecule has 0 N–H and O–H groups in total. The normalized spacial score (nSPS) is 12.8. The molecular weight excluding hydrogens is 222 g/mol. The van der Waals surface area contributed by atoms with Crippen molar-refractivity contribution in [3.63, 3.8) is 0 Å². The Morgan fingerprint density at radius 2 is 1.31 bits per heavy atom. The van der Waals surface area contributed by atoms with Crippen LogP contribution in [0.25, 0.3) is 0 Å². The molecule has 0 radical (unpaired) electrons. The average molecular weight is 228 g/mol. The molecule has 80 valence electrons. The molecule has 0 unspecified atom stereocenters. The van der Waals surface area contributed by atoms with Crippen molar-refractivity contribution >= 4 is 7.91 Å². The molecule has 0 spiro atoms. The monoisotopic (exact) mass is 228 g/mol. The predicted octanol–water partition coefficient (Wildman–Crippen LogP) is 2.63. The van der Waals surface area contributed by atoms with E-state index in [1.165, 1.54) is 0 Å². The molecular formula is C4H6F5O3P. The smallest absolute Gasteiger partial charge is 0.278 e. The third-order valence-electron chi connectivity index (χ3n) is 0.709. The molecule has 0 bridgehead atoms. The highest BCUT2D eigenvalue weighted by molar-refractivity contribution is 7.48. The molecule has 3 nitrogen and oxygen atoms in total. The predicted molar refractivity (Wildman–Crippen MR) is 32.6 cm³/mol. The van der Waals surface area contributed by atoms with E-state index >= 15 is 0 Å². The summed E-state index contributed by atoms with van der Waals surface area (Å²) in [5.74, 6) is 0. The molecule has 0 aliphatic rings. The van der Waals surface area contributed by atoms with Crippen molar-refractivity contribution in [3.8, 4) is 0 Å². The Balaban J connectivity index is 3.74. The molecule has 0 fully saturated rings. The van der Waals surface area contributed by atoms with Crippen molar-refractivity contribution in [1.29, 1.82) is 0 Å². The van der Waals surface area contributed by atoms with Crippen LogP contribution in [0.15, 0.2) is 0 Å². The molecule has 0 aromatic rings. The SMILES string of the molecule is O=P(F)(OCC(F)F)OCC(F)F. The zero-order valence-electron chi connectivity index (χ0n) is 6.13. The molecule has 13 heavy (non-hydrogen) atoms. The van der Waals surface area contributed by atoms with E-state index in [4.69, 9.17) is 0 Å². The highest BCUT2D eigenvalue weighted by Gasteiger charge is 2.27. The Morgan fingerprint density at radius 3 is 1.54 bits per heavy atom. The van der Waals surface area contributed by atoms with Gasteiger partial charge in [-0.15, -0.1) is 4.20 Å². The second kappa shape index (κ2) is 5.51. The van der Waals surface area contributed by atoms with E-state index in [1.807, 2.05) is 0 Å². The van der Waals surface area contributed by atoms with Crippen LogP contribution in [0.3, 0.4) is 0 Å². The number of alkyl halides is 4. The Labute approximate surface area is 70.5 Å². The lowest BCUT2D eigenvalue weighted by atomic mass is 10.8. The van der Waals surface area contributed by atoms with Gasteiger partial charge < -0.3 is 0 Å². The van der Waals surface area contributed by atoms with Crippen LogP contribution >= 0.6 is 7.91 Å². The second-order valence-electron chi connectivity index (χ2n) is 1.80. The number of hydrogen-bond donors (Lipinski definition) is 0. The van der Waals surface area contributed by atoms with E-state index in [1.54, 1.807) is 0 Å². The molecule has 0 aliphatic carbocycles. The number of halogens is 5. The van der Waals surface area contributed by atoms with Gasteiger partial charge >= 0.3 is 7.91 Å². The average Bonchev–Trinajstić information content (AvgIpc) is 1.98. The van der Waals surface area contributed by atoms with E-state index in [2.05, 4.69) is 9.05 Å². The lowest BCUT2D eigenvalue weighted by Gasteiger charge is -2.08. The first-order valence-electron chi connectivity index (χ1n) is 2.98. The fourth-order valence-corrected chi connectivity index (χ4v) is 0.984. The maximum Gasteiger partial charge on any atom is 0.513 e. The first-order valence-corrected chi connectivity index (χ1v) is 4.42. The summed E-state index contributed by atoms with van der Waals surface area (Å²) >= 11 is 0. The van der Waals surface area contributed by atoms with Crippen molar-refractivity contribution < 1.29 is 35.4 Å². The van der Waals surface area contributed by atoms with Crippen molar-refractivity contribution in [2.24, 2.45) is 0 Å². The van der Waals surface area contributed by atoms with Crippen LogP contribution in [-0.4, -0.2) is 26.1 Å². The van der Waals surface area contributed by atoms with Gasteiger partial charge in [-0.25, -0.2) is 22.1 Å². The summed E-state index contributed by atoms with van der Waals surface area (Å²) in [4.78, 5) is 0. The van der Waals surface area contributed by atoms with Gasteiger partial charge in [0.25, 0.3) is 12.9 Å². The Morgan fingerprint density at radius 1 is 1.00 bits per heavy atom. The minimum atomic E-state index is -5.26. The highest BCUT2D eigenvalue weighted by Crippen LogP contribution is 2.50. The topological polar surface area (TPSA) is 35.5 Å². The van der Waals surface area contributed by atoms with Gasteiger partial charge in [-0.05, 0) is 0 Å². The maximum absolute atomic E-state index is 12.3. The van der Waals surface area contributed by atoms with Gasteiger partial charge in [0.2, 0.25) is 0 Å². The third-order valence-corrected chi connectivity index (χ3v) is 1.62. The van der Waals surface area contributed by atoms with Gasteiger partial charge in [-0.1, -0.05) is 0 Å². The van der Waals surface area contributed by atoms with E-state index in [9.17, 15) is 26.3 Å². The van der Waals surface area contributed by atoms with E-state index in [0.717, 1.165) is 0 Å². The molecule has 0 atom stereocenters. The third kappa shape index (κ3) is 8.14. The van der Waals surface area contributed by atoms with Gasteiger partial charge in [-0.2, -0.15) is 0 Å². The standard InChI is InChI=1S/C4H6F5O3P/c5-3(6)1-11-13(9,10)12-2-4(7)8/h3-4H,1-2H2. The maximum atomic E-state index is 12.3. The van der Waals surface area contributed by atoms with Crippen LogP contribution < -0.4 is 0 Å². The lowest BCUT2D eigenvalue weighted by molar-refractivity contribution is 0.0371. The van der Waals surface area contributed by atoms with Gasteiger partial charge in [-0.3, -0.25) is 9.05 Å². The minimum Gasteiger partial charge on any atom is -0.278 e. The molecule has 0 aromatic carbocycles. The van der Waals surface area contributed by atoms with Crippen molar-refractivity contribution in [2.75, 3.05) is 13.2 Å². The van der Waals surface area contributed by atoms with Gasteiger partial charge in [0.05, 0.1) is 0 Å². The zero-order chi connectivity index (χ0) is 10.5. The molecule has 0 saturated heterocycles. The molecule has 9 heteroatoms. The van der Waals surface area contributed by atoms with Crippen LogP contribution in [0, 0.1) is 0 Å². The van der Waals surface area contributed by atoms with Crippen molar-refractivity contribution in [3.05, 3.63) is 0 Å². The van der Waals surface area contributed by atoms with E-state index in [-0.39, 0.29) is 0 Å². The Hall–Kier alpha value is -0.200. The second-order valence-corrected chi connectivity index (χ2v) is 3.18. The van der Waals surface area contributed by atoms with E-state index < -0.39 is 34.0 Å². The largest absolute Gasteiger partial charge is 0.513 e. The summed E-state index contributed by atoms with van der Waals surface area (Å²) in [7, 11) is -5.26. The van der Waals surface area contributed by atoms with Gasteiger partial charge in [0.1, 0.15) is 13.2 Å². The highest BCUT2D eigenvalue weighted by atomic mass is 31.2. The summed E-state index contributed by atoms with van der Waals surface area (Å²) in [6.07, 6.45) is -6.08. The molecule has 0 amide bonds. The Bertz CT molecular complexity index is 171. The summed E-state index contributed by atoms with van der Waals surface area (Å²) in [6, 6.07) is 0. The lowest BCUT2D eigenvalue weighted by Crippen LogP contribution is -2.06. The summed E-state index contributed by atoms with van der Waals surface area (Å²) in [5, 5.41) is 0. The van der Waals surface area contributed by atoms with Crippen LogP contribution in [-0.2, 0) is 13.6 Å².